The zero-order valence-corrected chi connectivity index (χ0v) is 11.8. The van der Waals surface area contributed by atoms with Gasteiger partial charge in [-0.25, -0.2) is 0 Å². The van der Waals surface area contributed by atoms with Crippen molar-refractivity contribution in [1.82, 2.24) is 10.2 Å². The van der Waals surface area contributed by atoms with Crippen molar-refractivity contribution in [2.75, 3.05) is 57.8 Å². The molecule has 2 aliphatic rings. The summed E-state index contributed by atoms with van der Waals surface area (Å²) in [6.45, 7) is 7.61. The Hall–Kier alpha value is -1.59. The van der Waals surface area contributed by atoms with E-state index in [2.05, 4.69) is 44.8 Å². The van der Waals surface area contributed by atoms with Crippen LogP contribution in [0.3, 0.4) is 0 Å². The van der Waals surface area contributed by atoms with Gasteiger partial charge in [0, 0.05) is 44.0 Å². The number of ether oxygens (including phenoxy) is 1. The minimum Gasteiger partial charge on any atom is -0.383 e. The molecule has 2 aliphatic heterocycles. The van der Waals surface area contributed by atoms with Gasteiger partial charge in [0.15, 0.2) is 0 Å². The summed E-state index contributed by atoms with van der Waals surface area (Å²) in [4.78, 5) is 6.94. The number of hydrogen-bond donors (Lipinski definition) is 2. The third-order valence-corrected chi connectivity index (χ3v) is 3.70. The van der Waals surface area contributed by atoms with E-state index in [4.69, 9.17) is 4.74 Å². The Morgan fingerprint density at radius 3 is 2.90 bits per heavy atom. The Balaban J connectivity index is 1.56. The van der Waals surface area contributed by atoms with Crippen LogP contribution in [0.1, 0.15) is 5.56 Å². The average Bonchev–Trinajstić information content (AvgIpc) is 3.03. The topological polar surface area (TPSA) is 48.9 Å². The number of para-hydroxylation sites is 1. The first-order valence-corrected chi connectivity index (χ1v) is 7.35. The summed E-state index contributed by atoms with van der Waals surface area (Å²) in [7, 11) is 0. The number of nitrogens with zero attached hydrogens (tertiary/aromatic N) is 2. The summed E-state index contributed by atoms with van der Waals surface area (Å²) < 4.78 is 5.36. The summed E-state index contributed by atoms with van der Waals surface area (Å²) in [5, 5.41) is 6.87. The molecule has 20 heavy (non-hydrogen) atoms. The first kappa shape index (κ1) is 13.4. The number of morpholine rings is 1. The van der Waals surface area contributed by atoms with Crippen molar-refractivity contribution in [3.8, 4) is 0 Å². The van der Waals surface area contributed by atoms with Crippen LogP contribution in [-0.2, 0) is 4.74 Å². The highest BCUT2D eigenvalue weighted by Gasteiger charge is 2.13. The molecule has 0 aromatic heterocycles. The van der Waals surface area contributed by atoms with Crippen LogP contribution in [0.15, 0.2) is 29.3 Å². The molecular formula is C15H22N4O. The Bertz CT molecular complexity index is 469. The zero-order chi connectivity index (χ0) is 13.6. The maximum absolute atomic E-state index is 5.36. The first-order chi connectivity index (χ1) is 9.93. The summed E-state index contributed by atoms with van der Waals surface area (Å²) in [6.07, 6.45) is 0. The molecule has 0 amide bonds. The first-order valence-electron chi connectivity index (χ1n) is 7.35. The van der Waals surface area contributed by atoms with Crippen LogP contribution in [0.4, 0.5) is 5.69 Å². The predicted molar refractivity (Wildman–Crippen MR) is 81.6 cm³/mol. The molecular weight excluding hydrogens is 252 g/mol. The van der Waals surface area contributed by atoms with Gasteiger partial charge in [-0.1, -0.05) is 12.1 Å². The summed E-state index contributed by atoms with van der Waals surface area (Å²) in [6, 6.07) is 8.37. The molecule has 0 spiro atoms. The third kappa shape index (κ3) is 3.29. The van der Waals surface area contributed by atoms with Crippen molar-refractivity contribution in [3.63, 3.8) is 0 Å². The minimum atomic E-state index is 0.858. The van der Waals surface area contributed by atoms with E-state index < -0.39 is 0 Å². The van der Waals surface area contributed by atoms with Crippen LogP contribution in [-0.4, -0.2) is 63.2 Å². The Labute approximate surface area is 120 Å². The van der Waals surface area contributed by atoms with Crippen molar-refractivity contribution in [2.24, 2.45) is 4.99 Å². The quantitative estimate of drug-likeness (QED) is 0.833. The van der Waals surface area contributed by atoms with E-state index in [0.717, 1.165) is 64.0 Å². The highest BCUT2D eigenvalue weighted by Crippen LogP contribution is 2.16. The highest BCUT2D eigenvalue weighted by molar-refractivity contribution is 6.04. The minimum absolute atomic E-state index is 0.858. The normalized spacial score (nSPS) is 19.5. The molecule has 2 heterocycles. The van der Waals surface area contributed by atoms with Crippen LogP contribution >= 0.6 is 0 Å². The monoisotopic (exact) mass is 274 g/mol. The molecule has 0 atom stereocenters. The summed E-state index contributed by atoms with van der Waals surface area (Å²) >= 11 is 0. The number of benzene rings is 1. The van der Waals surface area contributed by atoms with Gasteiger partial charge in [-0.2, -0.15) is 0 Å². The molecule has 5 nitrogen and oxygen atoms in total. The fourth-order valence-corrected chi connectivity index (χ4v) is 2.60. The molecule has 1 aromatic rings. The lowest BCUT2D eigenvalue weighted by Crippen LogP contribution is -2.39. The third-order valence-electron chi connectivity index (χ3n) is 3.70. The molecule has 1 fully saturated rings. The van der Waals surface area contributed by atoms with Gasteiger partial charge < -0.3 is 15.4 Å². The maximum Gasteiger partial charge on any atom is 0.130 e. The van der Waals surface area contributed by atoms with Crippen molar-refractivity contribution in [1.29, 1.82) is 0 Å². The van der Waals surface area contributed by atoms with E-state index in [1.165, 1.54) is 5.56 Å². The number of anilines is 1. The van der Waals surface area contributed by atoms with E-state index >= 15 is 0 Å². The number of amidine groups is 1. The maximum atomic E-state index is 5.36. The lowest BCUT2D eigenvalue weighted by Gasteiger charge is -2.26. The second-order valence-corrected chi connectivity index (χ2v) is 5.08. The smallest absolute Gasteiger partial charge is 0.130 e. The van der Waals surface area contributed by atoms with E-state index in [1.54, 1.807) is 0 Å². The summed E-state index contributed by atoms with van der Waals surface area (Å²) in [5.41, 5.74) is 2.33. The van der Waals surface area contributed by atoms with E-state index in [0.29, 0.717) is 0 Å². The lowest BCUT2D eigenvalue weighted by atomic mass is 10.1. The van der Waals surface area contributed by atoms with Gasteiger partial charge >= 0.3 is 0 Å². The standard InChI is InChI=1S/C15H22N4O/c1-2-4-14(13(3-1)15-17-5-6-18-15)16-7-8-19-9-11-20-12-10-19/h1-4,16H,5-12H2,(H,17,18). The molecule has 5 heteroatoms. The molecule has 0 unspecified atom stereocenters. The van der Waals surface area contributed by atoms with Crippen molar-refractivity contribution in [2.45, 2.75) is 0 Å². The van der Waals surface area contributed by atoms with Crippen LogP contribution in [0, 0.1) is 0 Å². The SMILES string of the molecule is c1ccc(C2=NCCN2)c(NCCN2CCOCC2)c1. The Morgan fingerprint density at radius 1 is 1.25 bits per heavy atom. The Morgan fingerprint density at radius 2 is 2.10 bits per heavy atom. The highest BCUT2D eigenvalue weighted by atomic mass is 16.5. The fraction of sp³-hybridized carbons (Fsp3) is 0.533. The van der Waals surface area contributed by atoms with E-state index in [1.807, 2.05) is 0 Å². The molecule has 2 N–H and O–H groups in total. The second kappa shape index (κ2) is 6.72. The fourth-order valence-electron chi connectivity index (χ4n) is 2.60. The lowest BCUT2D eigenvalue weighted by molar-refractivity contribution is 0.0398. The molecule has 0 radical (unpaired) electrons. The summed E-state index contributed by atoms with van der Waals surface area (Å²) in [5.74, 6) is 1.01. The molecule has 108 valence electrons. The number of rotatable bonds is 5. The van der Waals surface area contributed by atoms with Crippen molar-refractivity contribution < 1.29 is 4.74 Å². The van der Waals surface area contributed by atoms with Crippen molar-refractivity contribution in [3.05, 3.63) is 29.8 Å². The van der Waals surface area contributed by atoms with Crippen LogP contribution in [0.2, 0.25) is 0 Å². The van der Waals surface area contributed by atoms with E-state index in [9.17, 15) is 0 Å². The van der Waals surface area contributed by atoms with Crippen molar-refractivity contribution >= 4 is 11.5 Å². The number of aliphatic imine (C=N–C) groups is 1. The van der Waals surface area contributed by atoms with Gasteiger partial charge in [0.2, 0.25) is 0 Å². The molecule has 1 aromatic carbocycles. The average molecular weight is 274 g/mol. The van der Waals surface area contributed by atoms with Gasteiger partial charge in [0.05, 0.1) is 19.8 Å². The largest absolute Gasteiger partial charge is 0.383 e. The predicted octanol–water partition coefficient (Wildman–Crippen LogP) is 0.780. The van der Waals surface area contributed by atoms with Gasteiger partial charge in [0.25, 0.3) is 0 Å². The molecule has 1 saturated heterocycles. The molecule has 0 saturated carbocycles. The van der Waals surface area contributed by atoms with Crippen LogP contribution in [0.5, 0.6) is 0 Å². The van der Waals surface area contributed by atoms with Gasteiger partial charge in [0.1, 0.15) is 5.84 Å². The second-order valence-electron chi connectivity index (χ2n) is 5.08. The van der Waals surface area contributed by atoms with Gasteiger partial charge in [-0.3, -0.25) is 9.89 Å². The number of nitrogens with one attached hydrogen (secondary N) is 2. The van der Waals surface area contributed by atoms with E-state index in [-0.39, 0.29) is 0 Å². The van der Waals surface area contributed by atoms with Gasteiger partial charge in [-0.05, 0) is 12.1 Å². The molecule has 0 aliphatic carbocycles. The van der Waals surface area contributed by atoms with Crippen LogP contribution < -0.4 is 10.6 Å². The number of hydrogen-bond acceptors (Lipinski definition) is 5. The van der Waals surface area contributed by atoms with Gasteiger partial charge in [-0.15, -0.1) is 0 Å². The Kier molecular flexibility index (Phi) is 4.50. The van der Waals surface area contributed by atoms with Crippen LogP contribution in [0.25, 0.3) is 0 Å². The molecule has 0 bridgehead atoms. The zero-order valence-electron chi connectivity index (χ0n) is 11.8. The molecule has 3 rings (SSSR count).